The Bertz CT molecular complexity index is 554. The number of hydrogen-bond acceptors (Lipinski definition) is 3. The van der Waals surface area contributed by atoms with Crippen LogP contribution in [0.1, 0.15) is 28.8 Å². The van der Waals surface area contributed by atoms with Gasteiger partial charge in [0.25, 0.3) is 5.91 Å². The first-order valence-corrected chi connectivity index (χ1v) is 6.87. The monoisotopic (exact) mass is 315 g/mol. The zero-order valence-electron chi connectivity index (χ0n) is 12.0. The Morgan fingerprint density at radius 3 is 2.41 bits per heavy atom. The number of hydrogen-bond donors (Lipinski definition) is 0. The van der Waals surface area contributed by atoms with Gasteiger partial charge in [0.1, 0.15) is 0 Å². The summed E-state index contributed by atoms with van der Waals surface area (Å²) in [5.74, 6) is -1.12. The molecule has 1 aliphatic rings. The van der Waals surface area contributed by atoms with E-state index in [1.54, 1.807) is 0 Å². The second-order valence-electron chi connectivity index (χ2n) is 5.19. The maximum atomic E-state index is 12.5. The van der Waals surface area contributed by atoms with E-state index in [2.05, 4.69) is 4.74 Å². The van der Waals surface area contributed by atoms with Crippen LogP contribution in [-0.4, -0.2) is 37.0 Å². The first-order chi connectivity index (χ1) is 10.3. The van der Waals surface area contributed by atoms with Crippen molar-refractivity contribution in [2.24, 2.45) is 5.92 Å². The lowest BCUT2D eigenvalue weighted by atomic mass is 9.97. The van der Waals surface area contributed by atoms with E-state index in [1.165, 1.54) is 12.0 Å². The van der Waals surface area contributed by atoms with Gasteiger partial charge in [0.05, 0.1) is 18.6 Å². The van der Waals surface area contributed by atoms with Crippen molar-refractivity contribution in [2.75, 3.05) is 20.2 Å². The molecule has 1 aromatic carbocycles. The van der Waals surface area contributed by atoms with Crippen molar-refractivity contribution < 1.29 is 27.5 Å². The maximum absolute atomic E-state index is 12.5. The number of methoxy groups -OCH3 is 1. The number of carbonyl (C=O) groups is 2. The van der Waals surface area contributed by atoms with Crippen LogP contribution in [0.15, 0.2) is 24.3 Å². The molecule has 22 heavy (non-hydrogen) atoms. The fourth-order valence-corrected chi connectivity index (χ4v) is 2.51. The van der Waals surface area contributed by atoms with Gasteiger partial charge in [-0.05, 0) is 37.1 Å². The van der Waals surface area contributed by atoms with Gasteiger partial charge in [-0.1, -0.05) is 0 Å². The lowest BCUT2D eigenvalue weighted by Crippen LogP contribution is -2.42. The normalized spacial score (nSPS) is 18.9. The van der Waals surface area contributed by atoms with Crippen LogP contribution < -0.4 is 0 Å². The third-order valence-electron chi connectivity index (χ3n) is 3.70. The van der Waals surface area contributed by atoms with Crippen LogP contribution in [0.2, 0.25) is 0 Å². The number of carbonyl (C=O) groups excluding carboxylic acids is 2. The van der Waals surface area contributed by atoms with E-state index < -0.39 is 11.7 Å². The van der Waals surface area contributed by atoms with Crippen LogP contribution in [0.4, 0.5) is 13.2 Å². The van der Waals surface area contributed by atoms with E-state index >= 15 is 0 Å². The summed E-state index contributed by atoms with van der Waals surface area (Å²) >= 11 is 0. The molecule has 0 saturated carbocycles. The highest BCUT2D eigenvalue weighted by molar-refractivity contribution is 5.94. The van der Waals surface area contributed by atoms with E-state index in [9.17, 15) is 22.8 Å². The van der Waals surface area contributed by atoms with Crippen molar-refractivity contribution in [3.05, 3.63) is 35.4 Å². The molecular weight excluding hydrogens is 299 g/mol. The minimum Gasteiger partial charge on any atom is -0.469 e. The van der Waals surface area contributed by atoms with E-state index in [0.29, 0.717) is 19.4 Å². The molecule has 4 nitrogen and oxygen atoms in total. The molecule has 1 aliphatic heterocycles. The molecule has 1 unspecified atom stereocenters. The van der Waals surface area contributed by atoms with E-state index in [-0.39, 0.29) is 29.9 Å². The number of ether oxygens (including phenoxy) is 1. The molecule has 2 rings (SSSR count). The van der Waals surface area contributed by atoms with Gasteiger partial charge >= 0.3 is 12.1 Å². The lowest BCUT2D eigenvalue weighted by Gasteiger charge is -2.31. The van der Waals surface area contributed by atoms with Crippen molar-refractivity contribution in [3.8, 4) is 0 Å². The number of benzene rings is 1. The number of halogens is 3. The number of esters is 1. The van der Waals surface area contributed by atoms with Crippen LogP contribution in [0.5, 0.6) is 0 Å². The molecule has 7 heteroatoms. The summed E-state index contributed by atoms with van der Waals surface area (Å²) in [4.78, 5) is 25.3. The predicted molar refractivity (Wildman–Crippen MR) is 72.1 cm³/mol. The van der Waals surface area contributed by atoms with Crippen LogP contribution in [0.3, 0.4) is 0 Å². The summed E-state index contributed by atoms with van der Waals surface area (Å²) in [6.45, 7) is 0.708. The molecule has 1 heterocycles. The Labute approximate surface area is 125 Å². The van der Waals surface area contributed by atoms with Gasteiger partial charge in [-0.25, -0.2) is 0 Å². The first kappa shape index (κ1) is 16.3. The Morgan fingerprint density at radius 1 is 1.23 bits per heavy atom. The average Bonchev–Trinajstić information content (AvgIpc) is 2.53. The highest BCUT2D eigenvalue weighted by atomic mass is 19.4. The number of likely N-dealkylation sites (tertiary alicyclic amines) is 1. The highest BCUT2D eigenvalue weighted by Crippen LogP contribution is 2.29. The first-order valence-electron chi connectivity index (χ1n) is 6.87. The van der Waals surface area contributed by atoms with E-state index in [4.69, 9.17) is 0 Å². The Morgan fingerprint density at radius 2 is 1.86 bits per heavy atom. The molecule has 0 aliphatic carbocycles. The standard InChI is InChI=1S/C15H16F3NO3/c1-22-14(21)11-3-2-8-19(9-11)13(20)10-4-6-12(7-5-10)15(16,17)18/h4-7,11H,2-3,8-9H2,1H3. The fraction of sp³-hybridized carbons (Fsp3) is 0.467. The third-order valence-corrected chi connectivity index (χ3v) is 3.70. The van der Waals surface area contributed by atoms with E-state index in [1.807, 2.05) is 0 Å². The fourth-order valence-electron chi connectivity index (χ4n) is 2.51. The third kappa shape index (κ3) is 3.58. The van der Waals surface area contributed by atoms with Gasteiger partial charge < -0.3 is 9.64 Å². The zero-order valence-corrected chi connectivity index (χ0v) is 12.0. The maximum Gasteiger partial charge on any atom is 0.416 e. The SMILES string of the molecule is COC(=O)C1CCCN(C(=O)c2ccc(C(F)(F)F)cc2)C1. The van der Waals surface area contributed by atoms with Gasteiger partial charge in [0.2, 0.25) is 0 Å². The van der Waals surface area contributed by atoms with Gasteiger partial charge in [0.15, 0.2) is 0 Å². The van der Waals surface area contributed by atoms with Crippen molar-refractivity contribution in [1.82, 2.24) is 4.90 Å². The van der Waals surface area contributed by atoms with Gasteiger partial charge in [-0.3, -0.25) is 9.59 Å². The van der Waals surface area contributed by atoms with E-state index in [0.717, 1.165) is 24.3 Å². The average molecular weight is 315 g/mol. The second-order valence-corrected chi connectivity index (χ2v) is 5.19. The van der Waals surface area contributed by atoms with Gasteiger partial charge in [0, 0.05) is 18.7 Å². The molecule has 0 aromatic heterocycles. The number of alkyl halides is 3. The summed E-state index contributed by atoms with van der Waals surface area (Å²) in [5.41, 5.74) is -0.617. The highest BCUT2D eigenvalue weighted by Gasteiger charge is 2.32. The van der Waals surface area contributed by atoms with Gasteiger partial charge in [-0.15, -0.1) is 0 Å². The molecule has 0 radical (unpaired) electrons. The van der Waals surface area contributed by atoms with Crippen molar-refractivity contribution in [2.45, 2.75) is 19.0 Å². The molecule has 1 fully saturated rings. The molecule has 1 saturated heterocycles. The number of nitrogens with zero attached hydrogens (tertiary/aromatic N) is 1. The summed E-state index contributed by atoms with van der Waals surface area (Å²) in [6, 6.07) is 4.09. The summed E-state index contributed by atoms with van der Waals surface area (Å²) in [5, 5.41) is 0. The molecule has 1 atom stereocenters. The molecular formula is C15H16F3NO3. The molecule has 0 bridgehead atoms. The minimum atomic E-state index is -4.43. The smallest absolute Gasteiger partial charge is 0.416 e. The minimum absolute atomic E-state index is 0.179. The Balaban J connectivity index is 2.09. The predicted octanol–water partition coefficient (Wildman–Crippen LogP) is 2.73. The molecule has 0 N–H and O–H groups in total. The number of piperidine rings is 1. The zero-order chi connectivity index (χ0) is 16.3. The number of rotatable bonds is 2. The van der Waals surface area contributed by atoms with Gasteiger partial charge in [-0.2, -0.15) is 13.2 Å². The van der Waals surface area contributed by atoms with Crippen molar-refractivity contribution in [1.29, 1.82) is 0 Å². The largest absolute Gasteiger partial charge is 0.469 e. The Kier molecular flexibility index (Phi) is 4.73. The number of amides is 1. The van der Waals surface area contributed by atoms with Crippen LogP contribution >= 0.6 is 0 Å². The van der Waals surface area contributed by atoms with Crippen molar-refractivity contribution in [3.63, 3.8) is 0 Å². The molecule has 120 valence electrons. The summed E-state index contributed by atoms with van der Waals surface area (Å²) in [7, 11) is 1.29. The topological polar surface area (TPSA) is 46.6 Å². The lowest BCUT2D eigenvalue weighted by molar-refractivity contribution is -0.147. The summed E-state index contributed by atoms with van der Waals surface area (Å²) < 4.78 is 42.2. The van der Waals surface area contributed by atoms with Crippen LogP contribution in [0, 0.1) is 5.92 Å². The van der Waals surface area contributed by atoms with Crippen LogP contribution in [0.25, 0.3) is 0 Å². The van der Waals surface area contributed by atoms with Crippen molar-refractivity contribution >= 4 is 11.9 Å². The molecule has 1 amide bonds. The quantitative estimate of drug-likeness (QED) is 0.788. The summed E-state index contributed by atoms with van der Waals surface area (Å²) in [6.07, 6.45) is -3.13. The molecule has 1 aromatic rings. The van der Waals surface area contributed by atoms with Crippen LogP contribution in [-0.2, 0) is 15.7 Å². The molecule has 0 spiro atoms. The second kappa shape index (κ2) is 6.37. The Hall–Kier alpha value is -2.05.